The number of unbranched alkanes of at least 4 members (excludes halogenated alkanes) is 60. The summed E-state index contributed by atoms with van der Waals surface area (Å²) in [5.74, 6) is 1.21. The molecule has 0 aliphatic carbocycles. The van der Waals surface area contributed by atoms with Gasteiger partial charge in [-0.15, -0.1) is 0 Å². The molecule has 3 N–H and O–H groups in total. The smallest absolute Gasteiger partial charge is 0.333 e. The Kier molecular flexibility index (Phi) is 92.3. The minimum absolute atomic E-state index is 0.0343. The number of benzene rings is 4. The average Bonchev–Trinajstić information content (AvgIpc) is 0.783. The number of aryl methyl sites for hydroxylation is 5. The number of rotatable bonds is 95. The van der Waals surface area contributed by atoms with Crippen molar-refractivity contribution in [1.82, 2.24) is 0 Å². The molecule has 4 aromatic rings. The zero-order chi connectivity index (χ0) is 104. The lowest BCUT2D eigenvalue weighted by Crippen LogP contribution is -2.15. The van der Waals surface area contributed by atoms with Gasteiger partial charge < -0.3 is 48.5 Å². The van der Waals surface area contributed by atoms with E-state index >= 15 is 0 Å². The van der Waals surface area contributed by atoms with E-state index in [0.717, 1.165) is 165 Å². The van der Waals surface area contributed by atoms with Crippen LogP contribution in [0.4, 0.5) is 0 Å². The van der Waals surface area contributed by atoms with Gasteiger partial charge >= 0.3 is 17.9 Å². The van der Waals surface area contributed by atoms with Crippen molar-refractivity contribution in [3.05, 3.63) is 164 Å². The second-order valence-electron chi connectivity index (χ2n) is 40.2. The molecular formula is C127H210O16. The summed E-state index contributed by atoms with van der Waals surface area (Å²) < 4.78 is 43.8. The molecule has 0 heterocycles. The minimum Gasteiger partial charge on any atom is -0.491 e. The largest absolute Gasteiger partial charge is 0.491 e. The molecule has 0 radical (unpaired) electrons. The summed E-state index contributed by atoms with van der Waals surface area (Å²) in [7, 11) is 2.28. The Hall–Kier alpha value is -7.66. The van der Waals surface area contributed by atoms with Gasteiger partial charge in [0.1, 0.15) is 81.5 Å². The molecule has 0 saturated carbocycles. The Bertz CT molecular complexity index is 3820. The molecule has 0 spiro atoms. The van der Waals surface area contributed by atoms with Crippen LogP contribution in [0.25, 0.3) is 0 Å². The first-order chi connectivity index (χ1) is 70.1. The summed E-state index contributed by atoms with van der Waals surface area (Å²) in [6.07, 6.45) is 96.1. The van der Waals surface area contributed by atoms with Crippen LogP contribution >= 0.6 is 0 Å². The molecule has 16 heteroatoms. The highest BCUT2D eigenvalue weighted by molar-refractivity contribution is 5.91. The Morgan fingerprint density at radius 1 is 0.294 bits per heavy atom. The standard InChI is InChI=1S/C118H196O12.C4H4O2.C4H6O.CH4O/c1-9-14-18-22-26-30-34-38-42-46-50-54-58-62-66-70-74-101-78-79-112(125-84-82-119)106(90-101)97-107-93-103(76-72-68-64-60-56-52-48-44-40-36-32-28-24-20-16-11-3)96-111(117(107)129-87-86-126-114(122)81-80-113(121)124-8)99-110-95-104(77-73-69-65-61-57-53-49-45-41-37-33-29-25-21-17-12-4)94-109(116(110)127-85-83-120)98-108-92-102(91-105(13-5)115(108)128-88-89-130-118(123)100(6)7)75-71-67-63-59-55-51-47-43-39-35-31-27-23-19-15-10-2;5-3-1-2-4-6;1-4(2)3-5;1-2/h78-81,90-96,119-120H,6,9-77,82-89,97-99H2,1-5,7-8H3;1-4H;3H,1H2,2H3;2H,1H3/b81-80-;2-1-;;. The van der Waals surface area contributed by atoms with Gasteiger partial charge in [-0.25, -0.2) is 14.4 Å². The van der Waals surface area contributed by atoms with Crippen LogP contribution in [-0.4, -0.2) is 119 Å². The van der Waals surface area contributed by atoms with E-state index in [1.807, 2.05) is 0 Å². The topological polar surface area (TPSA) is 228 Å². The Morgan fingerprint density at radius 3 is 0.797 bits per heavy atom. The first-order valence-electron chi connectivity index (χ1n) is 58.3. The molecule has 4 aromatic carbocycles. The quantitative estimate of drug-likeness (QED) is 0.0123. The van der Waals surface area contributed by atoms with Crippen LogP contribution in [-0.2, 0) is 94.3 Å². The second kappa shape index (κ2) is 99.0. The molecule has 0 amide bonds. The molecule has 143 heavy (non-hydrogen) atoms. The van der Waals surface area contributed by atoms with Crippen LogP contribution < -0.4 is 18.9 Å². The van der Waals surface area contributed by atoms with Crippen LogP contribution in [0, 0.1) is 0 Å². The summed E-state index contributed by atoms with van der Waals surface area (Å²) in [6, 6.07) is 20.8. The number of aliphatic hydroxyl groups excluding tert-OH is 3. The first kappa shape index (κ1) is 133. The van der Waals surface area contributed by atoms with E-state index in [1.54, 1.807) is 13.8 Å². The summed E-state index contributed by atoms with van der Waals surface area (Å²) in [5, 5.41) is 28.2. The number of hydrogen-bond donors (Lipinski definition) is 3. The maximum atomic E-state index is 13.2. The zero-order valence-corrected chi connectivity index (χ0v) is 92.9. The normalized spacial score (nSPS) is 11.1. The number of aliphatic hydroxyl groups is 3. The number of allylic oxidation sites excluding steroid dienone is 3. The predicted octanol–water partition coefficient (Wildman–Crippen LogP) is 33.4. The number of carbonyl (C=O) groups excluding carboxylic acids is 6. The lowest BCUT2D eigenvalue weighted by atomic mass is 9.89. The van der Waals surface area contributed by atoms with E-state index in [1.165, 1.54) is 402 Å². The third kappa shape index (κ3) is 74.8. The molecule has 0 unspecified atom stereocenters. The van der Waals surface area contributed by atoms with E-state index in [2.05, 4.69) is 102 Å². The van der Waals surface area contributed by atoms with Gasteiger partial charge in [0, 0.05) is 44.1 Å². The Balaban J connectivity index is 0.00000737. The van der Waals surface area contributed by atoms with Crippen LogP contribution in [0.3, 0.4) is 0 Å². The molecule has 0 aliphatic rings. The monoisotopic (exact) mass is 1990 g/mol. The average molecular weight is 1990 g/mol. The van der Waals surface area contributed by atoms with E-state index in [0.29, 0.717) is 48.7 Å². The van der Waals surface area contributed by atoms with Gasteiger partial charge in [-0.05, 0) is 157 Å². The van der Waals surface area contributed by atoms with Crippen molar-refractivity contribution in [2.24, 2.45) is 0 Å². The summed E-state index contributed by atoms with van der Waals surface area (Å²) in [5.41, 5.74) is 13.1. The summed E-state index contributed by atoms with van der Waals surface area (Å²) in [4.78, 5) is 66.2. The van der Waals surface area contributed by atoms with E-state index in [-0.39, 0.29) is 52.9 Å². The highest BCUT2D eigenvalue weighted by Crippen LogP contribution is 2.40. The number of esters is 3. The third-order valence-electron chi connectivity index (χ3n) is 27.0. The molecular weight excluding hydrogens is 1780 g/mol. The number of methoxy groups -OCH3 is 1. The van der Waals surface area contributed by atoms with Crippen LogP contribution in [0.5, 0.6) is 23.0 Å². The van der Waals surface area contributed by atoms with Gasteiger partial charge in [-0.1, -0.05) is 482 Å². The molecule has 814 valence electrons. The molecule has 0 atom stereocenters. The molecule has 0 aromatic heterocycles. The van der Waals surface area contributed by atoms with Crippen molar-refractivity contribution in [3.63, 3.8) is 0 Å². The zero-order valence-electron chi connectivity index (χ0n) is 92.9. The molecule has 0 fully saturated rings. The van der Waals surface area contributed by atoms with Crippen molar-refractivity contribution in [3.8, 4) is 23.0 Å². The van der Waals surface area contributed by atoms with Gasteiger partial charge in [0.25, 0.3) is 0 Å². The second-order valence-corrected chi connectivity index (χ2v) is 40.2. The Labute approximate surface area is 874 Å². The lowest BCUT2D eigenvalue weighted by molar-refractivity contribution is -0.140. The van der Waals surface area contributed by atoms with Crippen molar-refractivity contribution >= 4 is 36.8 Å². The summed E-state index contributed by atoms with van der Waals surface area (Å²) in [6.45, 7) is 22.0. The van der Waals surface area contributed by atoms with E-state index in [4.69, 9.17) is 38.3 Å². The van der Waals surface area contributed by atoms with Gasteiger partial charge in [-0.2, -0.15) is 0 Å². The highest BCUT2D eigenvalue weighted by atomic mass is 16.6. The van der Waals surface area contributed by atoms with Gasteiger partial charge in [-0.3, -0.25) is 14.4 Å². The van der Waals surface area contributed by atoms with E-state index in [9.17, 15) is 39.0 Å². The molecule has 0 bridgehead atoms. The minimum atomic E-state index is -0.675. The SMILES string of the molecule is C=C(C)C(=O)OCCOc1c(CC)cc(CCCCCCCCCCCCCCCCCC)cc1Cc1cc(CCCCCCCCCCCCCCCCCC)cc(Cc2cc(CCCCCCCCCCCCCCCCCC)cc(Cc3cc(CCCCCCCCCCCCCCCCCC)ccc3OCCO)c2OCCOC(=O)/C=C\C(=O)OC)c1OCCO.C=C(C)C=O.CO.O=C/C=C\C=O. The van der Waals surface area contributed by atoms with Gasteiger partial charge in [0.2, 0.25) is 0 Å². The third-order valence-corrected chi connectivity index (χ3v) is 27.0. The number of carbonyl (C=O) groups is 6. The molecule has 4 rings (SSSR count). The van der Waals surface area contributed by atoms with Crippen LogP contribution in [0.15, 0.2) is 103 Å². The fraction of sp³-hybridized carbons (Fsp3) is 0.701. The van der Waals surface area contributed by atoms with Crippen molar-refractivity contribution in [2.45, 2.75) is 511 Å². The molecule has 16 nitrogen and oxygen atoms in total. The Morgan fingerprint density at radius 2 is 0.531 bits per heavy atom. The van der Waals surface area contributed by atoms with E-state index < -0.39 is 17.9 Å². The number of ether oxygens (including phenoxy) is 7. The fourth-order valence-electron chi connectivity index (χ4n) is 18.9. The highest BCUT2D eigenvalue weighted by Gasteiger charge is 2.24. The van der Waals surface area contributed by atoms with Gasteiger partial charge in [0.05, 0.1) is 20.3 Å². The van der Waals surface area contributed by atoms with Crippen molar-refractivity contribution < 1.29 is 77.2 Å². The number of aldehydes is 3. The van der Waals surface area contributed by atoms with Crippen LogP contribution in [0.2, 0.25) is 0 Å². The molecule has 0 saturated heterocycles. The van der Waals surface area contributed by atoms with Crippen molar-refractivity contribution in [2.75, 3.05) is 67.1 Å². The number of hydrogen-bond acceptors (Lipinski definition) is 16. The first-order valence-corrected chi connectivity index (χ1v) is 58.3. The van der Waals surface area contributed by atoms with Crippen LogP contribution in [0.1, 0.15) is 521 Å². The lowest BCUT2D eigenvalue weighted by Gasteiger charge is -2.23. The maximum absolute atomic E-state index is 13.2. The predicted molar refractivity (Wildman–Crippen MR) is 601 cm³/mol. The molecule has 0 aliphatic heterocycles. The summed E-state index contributed by atoms with van der Waals surface area (Å²) >= 11 is 0. The fourth-order valence-corrected chi connectivity index (χ4v) is 18.9. The van der Waals surface area contributed by atoms with Crippen molar-refractivity contribution in [1.29, 1.82) is 0 Å². The maximum Gasteiger partial charge on any atom is 0.333 e. The van der Waals surface area contributed by atoms with Gasteiger partial charge in [0.15, 0.2) is 0 Å².